The summed E-state index contributed by atoms with van der Waals surface area (Å²) in [6.07, 6.45) is 0.857. The van der Waals surface area contributed by atoms with E-state index in [-0.39, 0.29) is 11.2 Å². The fourth-order valence-corrected chi connectivity index (χ4v) is 1.93. The van der Waals surface area contributed by atoms with E-state index in [2.05, 4.69) is 0 Å². The van der Waals surface area contributed by atoms with Crippen LogP contribution in [-0.2, 0) is 15.7 Å². The molecule has 0 bridgehead atoms. The Morgan fingerprint density at radius 2 is 1.72 bits per heavy atom. The summed E-state index contributed by atoms with van der Waals surface area (Å²) in [5, 5.41) is 0. The molecule has 0 aromatic carbocycles. The van der Waals surface area contributed by atoms with E-state index in [9.17, 15) is 0 Å². The van der Waals surface area contributed by atoms with Crippen LogP contribution in [0.1, 0.15) is 52.1 Å². The lowest BCUT2D eigenvalue weighted by molar-refractivity contribution is 0.00578. The maximum absolute atomic E-state index is 6.17. The normalized spacial score (nSPS) is 23.3. The van der Waals surface area contributed by atoms with Crippen molar-refractivity contribution in [1.82, 2.24) is 0 Å². The predicted octanol–water partition coefficient (Wildman–Crippen LogP) is 2.47. The molecule has 2 rings (SSSR count). The van der Waals surface area contributed by atoms with Crippen molar-refractivity contribution < 1.29 is 13.7 Å². The zero-order valence-electron chi connectivity index (χ0n) is 11.8. The Morgan fingerprint density at radius 3 is 2.17 bits per heavy atom. The van der Waals surface area contributed by atoms with E-state index in [1.807, 2.05) is 46.8 Å². The summed E-state index contributed by atoms with van der Waals surface area (Å²) in [6, 6.07) is 3.84. The number of hydrogen-bond donors (Lipinski definition) is 1. The SMILES string of the molecule is CCc1ccc([C@@H](N)B2OC(C)(C)C(C)(C)O2)o1. The first-order chi connectivity index (χ1) is 8.27. The number of furan rings is 1. The molecule has 2 heterocycles. The van der Waals surface area contributed by atoms with Gasteiger partial charge in [0.1, 0.15) is 11.5 Å². The quantitative estimate of drug-likeness (QED) is 0.838. The monoisotopic (exact) mass is 251 g/mol. The lowest BCUT2D eigenvalue weighted by Gasteiger charge is -2.32. The molecule has 1 aromatic rings. The van der Waals surface area contributed by atoms with Crippen molar-refractivity contribution in [3.05, 3.63) is 23.7 Å². The zero-order chi connectivity index (χ0) is 13.6. The zero-order valence-corrected chi connectivity index (χ0v) is 11.8. The maximum atomic E-state index is 6.17. The highest BCUT2D eigenvalue weighted by Crippen LogP contribution is 2.39. The van der Waals surface area contributed by atoms with Crippen molar-refractivity contribution in [2.45, 2.75) is 58.2 Å². The van der Waals surface area contributed by atoms with Gasteiger partial charge in [-0.2, -0.15) is 0 Å². The van der Waals surface area contributed by atoms with Gasteiger partial charge in [0.2, 0.25) is 0 Å². The van der Waals surface area contributed by atoms with Crippen molar-refractivity contribution in [2.24, 2.45) is 5.73 Å². The molecular formula is C13H22BNO3. The van der Waals surface area contributed by atoms with Crippen LogP contribution in [0.2, 0.25) is 0 Å². The Hall–Kier alpha value is -0.775. The molecule has 0 unspecified atom stereocenters. The van der Waals surface area contributed by atoms with Crippen molar-refractivity contribution in [3.63, 3.8) is 0 Å². The van der Waals surface area contributed by atoms with Crippen LogP contribution < -0.4 is 5.73 Å². The first-order valence-corrected chi connectivity index (χ1v) is 6.46. The van der Waals surface area contributed by atoms with Gasteiger partial charge >= 0.3 is 7.12 Å². The van der Waals surface area contributed by atoms with E-state index in [4.69, 9.17) is 19.5 Å². The van der Waals surface area contributed by atoms with Crippen LogP contribution in [-0.4, -0.2) is 18.3 Å². The smallest absolute Gasteiger partial charge is 0.465 e. The molecule has 0 saturated carbocycles. The molecule has 0 amide bonds. The Bertz CT molecular complexity index is 412. The molecular weight excluding hydrogens is 229 g/mol. The fourth-order valence-electron chi connectivity index (χ4n) is 1.93. The summed E-state index contributed by atoms with van der Waals surface area (Å²) in [6.45, 7) is 10.1. The molecule has 0 aliphatic carbocycles. The largest absolute Gasteiger partial charge is 0.483 e. The first kappa shape index (κ1) is 13.7. The van der Waals surface area contributed by atoms with Crippen molar-refractivity contribution in [1.29, 1.82) is 0 Å². The minimum atomic E-state index is -0.467. The van der Waals surface area contributed by atoms with Crippen LogP contribution >= 0.6 is 0 Å². The van der Waals surface area contributed by atoms with Crippen molar-refractivity contribution in [2.75, 3.05) is 0 Å². The van der Waals surface area contributed by atoms with Gasteiger partial charge in [-0.25, -0.2) is 0 Å². The molecule has 1 atom stereocenters. The van der Waals surface area contributed by atoms with E-state index >= 15 is 0 Å². The molecule has 100 valence electrons. The lowest BCUT2D eigenvalue weighted by atomic mass is 9.77. The molecule has 5 heteroatoms. The van der Waals surface area contributed by atoms with E-state index in [0.717, 1.165) is 12.2 Å². The minimum Gasteiger partial charge on any atom is -0.465 e. The van der Waals surface area contributed by atoms with Gasteiger partial charge in [0.25, 0.3) is 0 Å². The van der Waals surface area contributed by atoms with Crippen LogP contribution in [0.5, 0.6) is 0 Å². The molecule has 0 spiro atoms. The maximum Gasteiger partial charge on any atom is 0.483 e. The van der Waals surface area contributed by atoms with Gasteiger partial charge in [0, 0.05) is 6.42 Å². The van der Waals surface area contributed by atoms with E-state index < -0.39 is 13.1 Å². The van der Waals surface area contributed by atoms with Gasteiger partial charge in [0.15, 0.2) is 0 Å². The molecule has 1 aliphatic rings. The second-order valence-corrected chi connectivity index (χ2v) is 5.81. The van der Waals surface area contributed by atoms with Gasteiger partial charge in [-0.1, -0.05) is 6.92 Å². The third-order valence-electron chi connectivity index (χ3n) is 3.92. The van der Waals surface area contributed by atoms with Crippen LogP contribution in [0, 0.1) is 0 Å². The number of aryl methyl sites for hydroxylation is 1. The van der Waals surface area contributed by atoms with E-state index in [0.29, 0.717) is 5.76 Å². The van der Waals surface area contributed by atoms with Gasteiger partial charge in [-0.15, -0.1) is 0 Å². The minimum absolute atomic E-state index is 0.366. The average molecular weight is 251 g/mol. The topological polar surface area (TPSA) is 57.6 Å². The number of nitrogens with two attached hydrogens (primary N) is 1. The highest BCUT2D eigenvalue weighted by Gasteiger charge is 2.53. The highest BCUT2D eigenvalue weighted by molar-refractivity contribution is 6.47. The van der Waals surface area contributed by atoms with E-state index in [1.165, 1.54) is 0 Å². The van der Waals surface area contributed by atoms with E-state index in [1.54, 1.807) is 0 Å². The standard InChI is InChI=1S/C13H22BNO3/c1-6-9-7-8-10(16-9)11(15)14-17-12(2,3)13(4,5)18-14/h7-8,11H,6,15H2,1-5H3/t11-/m1/s1. The van der Waals surface area contributed by atoms with Gasteiger partial charge in [0.05, 0.1) is 17.1 Å². The van der Waals surface area contributed by atoms with Crippen LogP contribution in [0.3, 0.4) is 0 Å². The molecule has 4 nitrogen and oxygen atoms in total. The predicted molar refractivity (Wildman–Crippen MR) is 71.1 cm³/mol. The summed E-state index contributed by atoms with van der Waals surface area (Å²) in [7, 11) is -0.467. The van der Waals surface area contributed by atoms with Crippen LogP contribution in [0.15, 0.2) is 16.5 Å². The summed E-state index contributed by atoms with van der Waals surface area (Å²) in [5.74, 6) is 1.24. The molecule has 1 aromatic heterocycles. The Labute approximate surface area is 109 Å². The fraction of sp³-hybridized carbons (Fsp3) is 0.692. The number of hydrogen-bond acceptors (Lipinski definition) is 4. The third kappa shape index (κ3) is 2.22. The highest BCUT2D eigenvalue weighted by atomic mass is 16.7. The molecule has 1 fully saturated rings. The first-order valence-electron chi connectivity index (χ1n) is 6.46. The molecule has 1 aliphatic heterocycles. The second-order valence-electron chi connectivity index (χ2n) is 5.81. The summed E-state index contributed by atoms with van der Waals surface area (Å²) in [5.41, 5.74) is 5.44. The van der Waals surface area contributed by atoms with Gasteiger partial charge < -0.3 is 19.5 Å². The number of rotatable bonds is 3. The third-order valence-corrected chi connectivity index (χ3v) is 3.92. The Morgan fingerprint density at radius 1 is 1.17 bits per heavy atom. The Balaban J connectivity index is 2.14. The molecule has 18 heavy (non-hydrogen) atoms. The summed E-state index contributed by atoms with van der Waals surface area (Å²) >= 11 is 0. The van der Waals surface area contributed by atoms with Crippen LogP contribution in [0.4, 0.5) is 0 Å². The average Bonchev–Trinajstić information content (AvgIpc) is 2.81. The summed E-state index contributed by atoms with van der Waals surface area (Å²) < 4.78 is 17.5. The molecule has 0 radical (unpaired) electrons. The van der Waals surface area contributed by atoms with Crippen LogP contribution in [0.25, 0.3) is 0 Å². The molecule has 2 N–H and O–H groups in total. The van der Waals surface area contributed by atoms with Gasteiger partial charge in [-0.3, -0.25) is 0 Å². The molecule has 1 saturated heterocycles. The Kier molecular flexibility index (Phi) is 3.34. The van der Waals surface area contributed by atoms with Crippen molar-refractivity contribution >= 4 is 7.12 Å². The summed E-state index contributed by atoms with van der Waals surface area (Å²) in [4.78, 5) is 0. The lowest BCUT2D eigenvalue weighted by Crippen LogP contribution is -2.41. The van der Waals surface area contributed by atoms with Crippen molar-refractivity contribution in [3.8, 4) is 0 Å². The second kappa shape index (κ2) is 4.40. The van der Waals surface area contributed by atoms with Gasteiger partial charge in [-0.05, 0) is 39.8 Å².